The summed E-state index contributed by atoms with van der Waals surface area (Å²) in [5, 5.41) is 2.97. The van der Waals surface area contributed by atoms with Crippen LogP contribution in [0.2, 0.25) is 5.02 Å². The van der Waals surface area contributed by atoms with Crippen molar-refractivity contribution in [3.05, 3.63) is 41.4 Å². The van der Waals surface area contributed by atoms with Crippen molar-refractivity contribution in [1.29, 1.82) is 0 Å². The molecule has 0 saturated heterocycles. The molecule has 0 fully saturated rings. The Kier molecular flexibility index (Phi) is 2.57. The molecule has 2 rings (SSSR count). The summed E-state index contributed by atoms with van der Waals surface area (Å²) in [7, 11) is 1.73. The maximum atomic E-state index is 5.88. The van der Waals surface area contributed by atoms with Gasteiger partial charge in [-0.25, -0.2) is 0 Å². The molecule has 1 N–H and O–H groups in total. The predicted molar refractivity (Wildman–Crippen MR) is 58.6 cm³/mol. The van der Waals surface area contributed by atoms with Crippen LogP contribution in [0, 0.1) is 0 Å². The van der Waals surface area contributed by atoms with E-state index in [4.69, 9.17) is 16.4 Å². The summed E-state index contributed by atoms with van der Waals surface area (Å²) >= 11 is 5.88. The van der Waals surface area contributed by atoms with E-state index in [0.717, 1.165) is 21.5 Å². The van der Waals surface area contributed by atoms with Gasteiger partial charge in [-0.1, -0.05) is 23.7 Å². The minimum Gasteiger partial charge on any atom is -0.409 e. The third-order valence-electron chi connectivity index (χ3n) is 1.99. The van der Waals surface area contributed by atoms with E-state index >= 15 is 0 Å². The molecule has 3 heteroatoms. The van der Waals surface area contributed by atoms with Crippen molar-refractivity contribution in [2.24, 2.45) is 0 Å². The van der Waals surface area contributed by atoms with Gasteiger partial charge in [-0.3, -0.25) is 0 Å². The van der Waals surface area contributed by atoms with Crippen LogP contribution in [-0.2, 0) is 0 Å². The first-order valence-electron chi connectivity index (χ1n) is 4.32. The SMILES string of the molecule is CNOc1ccc2cc(Cl)ccc2c1. The molecule has 0 bridgehead atoms. The lowest BCUT2D eigenvalue weighted by Crippen LogP contribution is -2.10. The van der Waals surface area contributed by atoms with Gasteiger partial charge in [0.1, 0.15) is 5.75 Å². The molecule has 0 aromatic heterocycles. The van der Waals surface area contributed by atoms with Gasteiger partial charge in [0.15, 0.2) is 0 Å². The van der Waals surface area contributed by atoms with Crippen LogP contribution < -0.4 is 10.3 Å². The number of hydrogen-bond donors (Lipinski definition) is 1. The van der Waals surface area contributed by atoms with Crippen molar-refractivity contribution in [2.45, 2.75) is 0 Å². The second-order valence-electron chi connectivity index (χ2n) is 2.96. The lowest BCUT2D eigenvalue weighted by molar-refractivity contribution is 0.224. The van der Waals surface area contributed by atoms with Crippen molar-refractivity contribution < 1.29 is 4.84 Å². The molecule has 72 valence electrons. The Hall–Kier alpha value is -1.25. The third-order valence-corrected chi connectivity index (χ3v) is 2.23. The van der Waals surface area contributed by atoms with Gasteiger partial charge in [0.05, 0.1) is 0 Å². The summed E-state index contributed by atoms with van der Waals surface area (Å²) in [5.41, 5.74) is 2.63. The van der Waals surface area contributed by atoms with E-state index in [-0.39, 0.29) is 0 Å². The molecule has 0 atom stereocenters. The summed E-state index contributed by atoms with van der Waals surface area (Å²) in [6, 6.07) is 11.6. The number of nitrogens with one attached hydrogen (secondary N) is 1. The van der Waals surface area contributed by atoms with Crippen molar-refractivity contribution in [2.75, 3.05) is 7.05 Å². The van der Waals surface area contributed by atoms with Gasteiger partial charge in [0.25, 0.3) is 0 Å². The van der Waals surface area contributed by atoms with Crippen LogP contribution in [0.4, 0.5) is 0 Å². The smallest absolute Gasteiger partial charge is 0.147 e. The largest absolute Gasteiger partial charge is 0.409 e. The summed E-state index contributed by atoms with van der Waals surface area (Å²) in [5.74, 6) is 0.794. The van der Waals surface area contributed by atoms with Gasteiger partial charge in [-0.15, -0.1) is 0 Å². The number of halogens is 1. The number of hydrogen-bond acceptors (Lipinski definition) is 2. The molecule has 0 unspecified atom stereocenters. The molecular weight excluding hydrogens is 198 g/mol. The molecule has 0 saturated carbocycles. The standard InChI is InChI=1S/C11H10ClNO/c1-13-14-11-5-3-8-6-10(12)4-2-9(8)7-11/h2-7,13H,1H3. The Balaban J connectivity index is 2.50. The molecule has 0 aliphatic rings. The Morgan fingerprint density at radius 1 is 1.07 bits per heavy atom. The van der Waals surface area contributed by atoms with E-state index in [1.165, 1.54) is 0 Å². The molecule has 14 heavy (non-hydrogen) atoms. The molecular formula is C11H10ClNO. The van der Waals surface area contributed by atoms with Crippen LogP contribution in [0.15, 0.2) is 36.4 Å². The Morgan fingerprint density at radius 3 is 2.57 bits per heavy atom. The Labute approximate surface area is 87.4 Å². The summed E-state index contributed by atoms with van der Waals surface area (Å²) in [4.78, 5) is 5.16. The van der Waals surface area contributed by atoms with E-state index in [1.807, 2.05) is 36.4 Å². The lowest BCUT2D eigenvalue weighted by Gasteiger charge is -2.04. The number of benzene rings is 2. The van der Waals surface area contributed by atoms with Crippen molar-refractivity contribution in [3.63, 3.8) is 0 Å². The first kappa shape index (κ1) is 9.31. The Morgan fingerprint density at radius 2 is 1.79 bits per heavy atom. The molecule has 2 nitrogen and oxygen atoms in total. The molecule has 0 amide bonds. The van der Waals surface area contributed by atoms with Crippen LogP contribution >= 0.6 is 11.6 Å². The monoisotopic (exact) mass is 207 g/mol. The third kappa shape index (κ3) is 1.81. The summed E-state index contributed by atoms with van der Waals surface area (Å²) < 4.78 is 0. The topological polar surface area (TPSA) is 21.3 Å². The van der Waals surface area contributed by atoms with E-state index in [2.05, 4.69) is 5.48 Å². The van der Waals surface area contributed by atoms with Gasteiger partial charge < -0.3 is 4.84 Å². The van der Waals surface area contributed by atoms with E-state index in [9.17, 15) is 0 Å². The van der Waals surface area contributed by atoms with Gasteiger partial charge in [-0.2, -0.15) is 5.48 Å². The highest BCUT2D eigenvalue weighted by Gasteiger charge is 1.97. The minimum atomic E-state index is 0.750. The number of fused-ring (bicyclic) bond motifs is 1. The fraction of sp³-hybridized carbons (Fsp3) is 0.0909. The molecule has 0 aliphatic carbocycles. The second kappa shape index (κ2) is 3.86. The summed E-state index contributed by atoms with van der Waals surface area (Å²) in [6.07, 6.45) is 0. The molecule has 2 aromatic carbocycles. The predicted octanol–water partition coefficient (Wildman–Crippen LogP) is 3.01. The average Bonchev–Trinajstić information content (AvgIpc) is 2.19. The van der Waals surface area contributed by atoms with E-state index in [1.54, 1.807) is 7.05 Å². The Bertz CT molecular complexity index is 456. The fourth-order valence-corrected chi connectivity index (χ4v) is 1.56. The van der Waals surface area contributed by atoms with Crippen LogP contribution in [0.3, 0.4) is 0 Å². The van der Waals surface area contributed by atoms with E-state index < -0.39 is 0 Å². The van der Waals surface area contributed by atoms with Crippen LogP contribution in [-0.4, -0.2) is 7.05 Å². The molecule has 0 radical (unpaired) electrons. The quantitative estimate of drug-likeness (QED) is 0.765. The highest BCUT2D eigenvalue weighted by molar-refractivity contribution is 6.31. The zero-order valence-corrected chi connectivity index (χ0v) is 8.51. The van der Waals surface area contributed by atoms with Crippen LogP contribution in [0.5, 0.6) is 5.75 Å². The fourth-order valence-electron chi connectivity index (χ4n) is 1.38. The van der Waals surface area contributed by atoms with Crippen molar-refractivity contribution in [1.82, 2.24) is 5.48 Å². The highest BCUT2D eigenvalue weighted by atomic mass is 35.5. The molecule has 2 aromatic rings. The zero-order valence-electron chi connectivity index (χ0n) is 7.75. The molecule has 0 heterocycles. The maximum absolute atomic E-state index is 5.88. The second-order valence-corrected chi connectivity index (χ2v) is 3.40. The van der Waals surface area contributed by atoms with Crippen LogP contribution in [0.1, 0.15) is 0 Å². The van der Waals surface area contributed by atoms with Gasteiger partial charge in [0.2, 0.25) is 0 Å². The molecule has 0 aliphatic heterocycles. The molecule has 0 spiro atoms. The van der Waals surface area contributed by atoms with E-state index in [0.29, 0.717) is 0 Å². The zero-order chi connectivity index (χ0) is 9.97. The van der Waals surface area contributed by atoms with Gasteiger partial charge in [0, 0.05) is 12.1 Å². The first-order valence-corrected chi connectivity index (χ1v) is 4.70. The average molecular weight is 208 g/mol. The lowest BCUT2D eigenvalue weighted by atomic mass is 10.1. The maximum Gasteiger partial charge on any atom is 0.147 e. The van der Waals surface area contributed by atoms with Crippen molar-refractivity contribution >= 4 is 22.4 Å². The number of rotatable bonds is 2. The minimum absolute atomic E-state index is 0.750. The van der Waals surface area contributed by atoms with Gasteiger partial charge in [-0.05, 0) is 35.0 Å². The first-order chi connectivity index (χ1) is 6.79. The highest BCUT2D eigenvalue weighted by Crippen LogP contribution is 2.23. The normalized spacial score (nSPS) is 10.4. The van der Waals surface area contributed by atoms with Crippen LogP contribution in [0.25, 0.3) is 10.8 Å². The number of hydroxylamine groups is 1. The van der Waals surface area contributed by atoms with Crippen molar-refractivity contribution in [3.8, 4) is 5.75 Å². The van der Waals surface area contributed by atoms with Gasteiger partial charge >= 0.3 is 0 Å². The summed E-state index contributed by atoms with van der Waals surface area (Å²) in [6.45, 7) is 0.